The smallest absolute Gasteiger partial charge is 0.350 e. The molecule has 0 bridgehead atoms. The van der Waals surface area contributed by atoms with E-state index in [2.05, 4.69) is 25.6 Å². The zero-order valence-electron chi connectivity index (χ0n) is 10.7. The molecule has 0 aromatic carbocycles. The zero-order chi connectivity index (χ0) is 14.5. The summed E-state index contributed by atoms with van der Waals surface area (Å²) in [6.45, 7) is 0. The third kappa shape index (κ3) is 3.33. The van der Waals surface area contributed by atoms with Crippen molar-refractivity contribution >= 4 is 40.7 Å². The monoisotopic (exact) mass is 313 g/mol. The molecule has 0 spiro atoms. The molecular formula is C10H11N5O3S2. The summed E-state index contributed by atoms with van der Waals surface area (Å²) in [6, 6.07) is 1.66. The highest BCUT2D eigenvalue weighted by Gasteiger charge is 2.16. The van der Waals surface area contributed by atoms with Crippen LogP contribution in [-0.4, -0.2) is 44.9 Å². The quantitative estimate of drug-likeness (QED) is 0.643. The number of esters is 1. The second-order valence-corrected chi connectivity index (χ2v) is 5.44. The molecule has 20 heavy (non-hydrogen) atoms. The highest BCUT2D eigenvalue weighted by Crippen LogP contribution is 2.23. The molecule has 106 valence electrons. The van der Waals surface area contributed by atoms with Gasteiger partial charge in [-0.1, -0.05) is 11.8 Å². The predicted molar refractivity (Wildman–Crippen MR) is 73.8 cm³/mol. The number of carbonyl (C=O) groups is 2. The highest BCUT2D eigenvalue weighted by atomic mass is 32.2. The Kier molecular flexibility index (Phi) is 4.69. The van der Waals surface area contributed by atoms with E-state index in [1.165, 1.54) is 34.9 Å². The summed E-state index contributed by atoms with van der Waals surface area (Å²) in [5.41, 5.74) is 0.448. The summed E-state index contributed by atoms with van der Waals surface area (Å²) in [6.07, 6.45) is 0. The maximum absolute atomic E-state index is 11.8. The lowest BCUT2D eigenvalue weighted by molar-refractivity contribution is -0.113. The van der Waals surface area contributed by atoms with Crippen molar-refractivity contribution < 1.29 is 14.3 Å². The number of hydrogen-bond donors (Lipinski definition) is 1. The van der Waals surface area contributed by atoms with Gasteiger partial charge in [-0.05, 0) is 21.9 Å². The molecule has 0 aliphatic carbocycles. The molecule has 0 radical (unpaired) electrons. The first kappa shape index (κ1) is 14.5. The average molecular weight is 313 g/mol. The molecule has 0 aliphatic heterocycles. The molecule has 8 nitrogen and oxygen atoms in total. The van der Waals surface area contributed by atoms with Gasteiger partial charge in [-0.3, -0.25) is 4.79 Å². The third-order valence-electron chi connectivity index (χ3n) is 2.22. The Morgan fingerprint density at radius 1 is 1.55 bits per heavy atom. The molecule has 1 amide bonds. The number of amides is 1. The van der Waals surface area contributed by atoms with E-state index in [1.54, 1.807) is 18.5 Å². The molecule has 0 atom stereocenters. The fourth-order valence-electron chi connectivity index (χ4n) is 1.32. The lowest BCUT2D eigenvalue weighted by Gasteiger charge is -2.04. The van der Waals surface area contributed by atoms with Gasteiger partial charge in [0.05, 0.1) is 18.6 Å². The van der Waals surface area contributed by atoms with E-state index in [4.69, 9.17) is 0 Å². The minimum Gasteiger partial charge on any atom is -0.465 e. The number of anilines is 1. The molecule has 2 rings (SSSR count). The van der Waals surface area contributed by atoms with E-state index >= 15 is 0 Å². The highest BCUT2D eigenvalue weighted by molar-refractivity contribution is 7.99. The Morgan fingerprint density at radius 3 is 3.00 bits per heavy atom. The Morgan fingerprint density at radius 2 is 2.35 bits per heavy atom. The molecule has 2 aromatic rings. The van der Waals surface area contributed by atoms with Crippen molar-refractivity contribution in [1.82, 2.24) is 20.2 Å². The molecular weight excluding hydrogens is 302 g/mol. The number of methoxy groups -OCH3 is 1. The number of aryl methyl sites for hydroxylation is 1. The van der Waals surface area contributed by atoms with Crippen LogP contribution in [0, 0.1) is 0 Å². The number of thiophene rings is 1. The van der Waals surface area contributed by atoms with Crippen LogP contribution in [0.3, 0.4) is 0 Å². The number of aromatic nitrogens is 4. The van der Waals surface area contributed by atoms with E-state index in [9.17, 15) is 9.59 Å². The fraction of sp³-hybridized carbons (Fsp3) is 0.300. The molecule has 0 saturated heterocycles. The average Bonchev–Trinajstić information content (AvgIpc) is 3.05. The van der Waals surface area contributed by atoms with Gasteiger partial charge in [0.2, 0.25) is 11.1 Å². The summed E-state index contributed by atoms with van der Waals surface area (Å²) in [5.74, 6) is -0.577. The predicted octanol–water partition coefficient (Wildman–Crippen LogP) is 0.789. The second kappa shape index (κ2) is 6.48. The van der Waals surface area contributed by atoms with Crippen LogP contribution in [0.25, 0.3) is 0 Å². The van der Waals surface area contributed by atoms with E-state index in [-0.39, 0.29) is 11.7 Å². The first-order valence-electron chi connectivity index (χ1n) is 5.42. The van der Waals surface area contributed by atoms with Crippen LogP contribution in [-0.2, 0) is 16.6 Å². The zero-order valence-corrected chi connectivity index (χ0v) is 12.3. The van der Waals surface area contributed by atoms with Crippen molar-refractivity contribution in [2.75, 3.05) is 18.2 Å². The van der Waals surface area contributed by atoms with Crippen LogP contribution in [0.2, 0.25) is 0 Å². The van der Waals surface area contributed by atoms with Crippen LogP contribution >= 0.6 is 23.1 Å². The third-order valence-corrected chi connectivity index (χ3v) is 4.13. The van der Waals surface area contributed by atoms with Crippen LogP contribution in [0.15, 0.2) is 16.6 Å². The van der Waals surface area contributed by atoms with Gasteiger partial charge in [-0.2, -0.15) is 0 Å². The largest absolute Gasteiger partial charge is 0.465 e. The minimum absolute atomic E-state index is 0.144. The number of tetrazole rings is 1. The fourth-order valence-corrected chi connectivity index (χ4v) is 2.73. The summed E-state index contributed by atoms with van der Waals surface area (Å²) < 4.78 is 6.11. The topological polar surface area (TPSA) is 99.0 Å². The number of hydrogen-bond acceptors (Lipinski definition) is 8. The lowest BCUT2D eigenvalue weighted by Crippen LogP contribution is -2.16. The van der Waals surface area contributed by atoms with Gasteiger partial charge in [0.25, 0.3) is 0 Å². The van der Waals surface area contributed by atoms with Gasteiger partial charge < -0.3 is 10.1 Å². The van der Waals surface area contributed by atoms with Gasteiger partial charge in [-0.25, -0.2) is 9.48 Å². The number of rotatable bonds is 5. The van der Waals surface area contributed by atoms with Crippen LogP contribution in [0.5, 0.6) is 0 Å². The van der Waals surface area contributed by atoms with Crippen LogP contribution in [0.4, 0.5) is 5.69 Å². The van der Waals surface area contributed by atoms with Crippen molar-refractivity contribution in [2.24, 2.45) is 7.05 Å². The van der Waals surface area contributed by atoms with Gasteiger partial charge in [0, 0.05) is 7.05 Å². The Hall–Kier alpha value is -1.94. The molecule has 0 saturated carbocycles. The SMILES string of the molecule is COC(=O)c1sccc1NC(=O)CSc1nnnn1C. The molecule has 2 heterocycles. The van der Waals surface area contributed by atoms with E-state index in [1.807, 2.05) is 0 Å². The maximum Gasteiger partial charge on any atom is 0.350 e. The number of thioether (sulfide) groups is 1. The Balaban J connectivity index is 1.93. The van der Waals surface area contributed by atoms with Crippen molar-refractivity contribution in [3.63, 3.8) is 0 Å². The van der Waals surface area contributed by atoms with Crippen molar-refractivity contribution in [3.8, 4) is 0 Å². The number of ether oxygens (including phenoxy) is 1. The minimum atomic E-state index is -0.472. The first-order valence-corrected chi connectivity index (χ1v) is 7.29. The lowest BCUT2D eigenvalue weighted by atomic mass is 10.4. The van der Waals surface area contributed by atoms with Crippen molar-refractivity contribution in [3.05, 3.63) is 16.3 Å². The summed E-state index contributed by atoms with van der Waals surface area (Å²) >= 11 is 2.42. The molecule has 10 heteroatoms. The second-order valence-electron chi connectivity index (χ2n) is 3.58. The Labute approximate surface area is 122 Å². The standard InChI is InChI=1S/C10H11N5O3S2/c1-15-10(12-13-14-15)20-5-7(16)11-6-3-4-19-8(6)9(17)18-2/h3-4H,5H2,1-2H3,(H,11,16). The number of nitrogens with one attached hydrogen (secondary N) is 1. The number of carbonyl (C=O) groups excluding carboxylic acids is 2. The van der Waals surface area contributed by atoms with E-state index < -0.39 is 5.97 Å². The normalized spacial score (nSPS) is 10.3. The van der Waals surface area contributed by atoms with Gasteiger partial charge in [0.15, 0.2) is 0 Å². The molecule has 2 aromatic heterocycles. The molecule has 0 fully saturated rings. The van der Waals surface area contributed by atoms with Crippen molar-refractivity contribution in [1.29, 1.82) is 0 Å². The van der Waals surface area contributed by atoms with E-state index in [0.29, 0.717) is 15.7 Å². The molecule has 1 N–H and O–H groups in total. The summed E-state index contributed by atoms with van der Waals surface area (Å²) in [7, 11) is 2.99. The van der Waals surface area contributed by atoms with Gasteiger partial charge in [0.1, 0.15) is 4.88 Å². The molecule has 0 unspecified atom stereocenters. The van der Waals surface area contributed by atoms with Crippen LogP contribution < -0.4 is 5.32 Å². The Bertz CT molecular complexity index is 624. The maximum atomic E-state index is 11.8. The van der Waals surface area contributed by atoms with Crippen molar-refractivity contribution in [2.45, 2.75) is 5.16 Å². The van der Waals surface area contributed by atoms with Crippen LogP contribution in [0.1, 0.15) is 9.67 Å². The van der Waals surface area contributed by atoms with E-state index in [0.717, 1.165) is 0 Å². The first-order chi connectivity index (χ1) is 9.61. The number of nitrogens with zero attached hydrogens (tertiary/aromatic N) is 4. The van der Waals surface area contributed by atoms with Gasteiger partial charge >= 0.3 is 5.97 Å². The molecule has 0 aliphatic rings. The summed E-state index contributed by atoms with van der Waals surface area (Å²) in [5, 5.41) is 15.8. The van der Waals surface area contributed by atoms with Gasteiger partial charge in [-0.15, -0.1) is 16.4 Å². The summed E-state index contributed by atoms with van der Waals surface area (Å²) in [4.78, 5) is 23.7.